The van der Waals surface area contributed by atoms with Crippen LogP contribution in [0.3, 0.4) is 0 Å². The maximum absolute atomic E-state index is 10.9. The van der Waals surface area contributed by atoms with Crippen molar-refractivity contribution in [2.75, 3.05) is 5.75 Å². The van der Waals surface area contributed by atoms with E-state index in [0.29, 0.717) is 0 Å². The number of amides is 1. The van der Waals surface area contributed by atoms with E-state index in [-0.39, 0.29) is 11.7 Å². The highest BCUT2D eigenvalue weighted by Gasteiger charge is 2.18. The summed E-state index contributed by atoms with van der Waals surface area (Å²) in [4.78, 5) is 25.9. The summed E-state index contributed by atoms with van der Waals surface area (Å²) in [7, 11) is 0. The molecule has 5 nitrogen and oxygen atoms in total. The second-order valence-electron chi connectivity index (χ2n) is 3.52. The molecule has 0 saturated carbocycles. The molecule has 1 rings (SSSR count). The van der Waals surface area contributed by atoms with Crippen molar-refractivity contribution in [1.82, 2.24) is 10.3 Å². The summed E-state index contributed by atoms with van der Waals surface area (Å²) in [6.07, 6.45) is 0. The lowest BCUT2D eigenvalue weighted by molar-refractivity contribution is -0.140. The fraction of sp³-hybridized carbons (Fsp3) is 0.364. The summed E-state index contributed by atoms with van der Waals surface area (Å²) in [5, 5.41) is 12.0. The molecule has 0 saturated heterocycles. The van der Waals surface area contributed by atoms with Gasteiger partial charge in [-0.25, -0.2) is 9.78 Å². The quantitative estimate of drug-likeness (QED) is 0.768. The maximum Gasteiger partial charge on any atom is 0.327 e. The topological polar surface area (TPSA) is 79.3 Å². The number of nitrogens with zero attached hydrogens (tertiary/aromatic N) is 1. The molecule has 2 N–H and O–H groups in total. The molecule has 1 amide bonds. The van der Waals surface area contributed by atoms with Gasteiger partial charge >= 0.3 is 5.97 Å². The second kappa shape index (κ2) is 6.24. The van der Waals surface area contributed by atoms with E-state index < -0.39 is 12.0 Å². The number of thioether (sulfide) groups is 1. The number of carboxylic acid groups (broad SMARTS) is 1. The normalized spacial score (nSPS) is 11.9. The van der Waals surface area contributed by atoms with Crippen LogP contribution in [0.15, 0.2) is 23.2 Å². The zero-order valence-electron chi connectivity index (χ0n) is 9.64. The van der Waals surface area contributed by atoms with Gasteiger partial charge in [-0.15, -0.1) is 11.8 Å². The Morgan fingerprint density at radius 1 is 1.53 bits per heavy atom. The minimum Gasteiger partial charge on any atom is -0.480 e. The average molecular weight is 254 g/mol. The largest absolute Gasteiger partial charge is 0.480 e. The number of hydrogen-bond donors (Lipinski definition) is 2. The van der Waals surface area contributed by atoms with E-state index in [1.54, 1.807) is 0 Å². The third-order valence-corrected chi connectivity index (χ3v) is 2.96. The van der Waals surface area contributed by atoms with Crippen molar-refractivity contribution in [3.63, 3.8) is 0 Å². The smallest absolute Gasteiger partial charge is 0.327 e. The first-order chi connectivity index (χ1) is 7.99. The predicted octanol–water partition coefficient (Wildman–Crippen LogP) is 1.07. The van der Waals surface area contributed by atoms with Crippen molar-refractivity contribution < 1.29 is 14.7 Å². The molecular weight excluding hydrogens is 240 g/mol. The molecule has 0 radical (unpaired) electrons. The molecule has 0 aromatic carbocycles. The van der Waals surface area contributed by atoms with Crippen LogP contribution in [0.25, 0.3) is 0 Å². The number of carbonyl (C=O) groups excluding carboxylic acids is 1. The Labute approximate surface area is 104 Å². The van der Waals surface area contributed by atoms with Gasteiger partial charge in [-0.3, -0.25) is 4.79 Å². The van der Waals surface area contributed by atoms with E-state index in [0.717, 1.165) is 10.7 Å². The van der Waals surface area contributed by atoms with E-state index in [1.807, 2.05) is 25.1 Å². The Bertz CT molecular complexity index is 423. The van der Waals surface area contributed by atoms with Crippen LogP contribution in [0.5, 0.6) is 0 Å². The Balaban J connectivity index is 2.57. The first kappa shape index (κ1) is 13.5. The molecule has 0 aliphatic carbocycles. The molecule has 1 atom stereocenters. The number of hydrogen-bond acceptors (Lipinski definition) is 4. The number of aromatic nitrogens is 1. The van der Waals surface area contributed by atoms with Gasteiger partial charge < -0.3 is 10.4 Å². The fourth-order valence-corrected chi connectivity index (χ4v) is 2.13. The van der Waals surface area contributed by atoms with E-state index in [1.165, 1.54) is 18.7 Å². The van der Waals surface area contributed by atoms with Crippen LogP contribution in [-0.4, -0.2) is 33.8 Å². The Kier molecular flexibility index (Phi) is 4.96. The first-order valence-corrected chi connectivity index (χ1v) is 6.04. The van der Waals surface area contributed by atoms with Crippen molar-refractivity contribution in [2.45, 2.75) is 24.9 Å². The molecule has 1 aromatic heterocycles. The van der Waals surface area contributed by atoms with Gasteiger partial charge in [0.05, 0.1) is 5.03 Å². The SMILES string of the molecule is CC(=O)NC(CSc1cccc(C)n1)C(=O)O. The molecule has 17 heavy (non-hydrogen) atoms. The van der Waals surface area contributed by atoms with Gasteiger partial charge in [-0.05, 0) is 19.1 Å². The Morgan fingerprint density at radius 2 is 2.24 bits per heavy atom. The summed E-state index contributed by atoms with van der Waals surface area (Å²) >= 11 is 1.31. The van der Waals surface area contributed by atoms with Crippen LogP contribution >= 0.6 is 11.8 Å². The van der Waals surface area contributed by atoms with Crippen LogP contribution < -0.4 is 5.32 Å². The lowest BCUT2D eigenvalue weighted by Gasteiger charge is -2.12. The summed E-state index contributed by atoms with van der Waals surface area (Å²) in [5.41, 5.74) is 0.876. The van der Waals surface area contributed by atoms with E-state index in [9.17, 15) is 9.59 Å². The van der Waals surface area contributed by atoms with Gasteiger partial charge in [0.25, 0.3) is 0 Å². The molecule has 0 spiro atoms. The summed E-state index contributed by atoms with van der Waals surface area (Å²) in [6, 6.07) is 4.65. The highest BCUT2D eigenvalue weighted by atomic mass is 32.2. The molecule has 0 bridgehead atoms. The standard InChI is InChI=1S/C11H14N2O3S/c1-7-4-3-5-10(12-7)17-6-9(11(15)16)13-8(2)14/h3-5,9H,6H2,1-2H3,(H,13,14)(H,15,16). The van der Waals surface area contributed by atoms with E-state index >= 15 is 0 Å². The molecular formula is C11H14N2O3S. The van der Waals surface area contributed by atoms with Crippen molar-refractivity contribution in [3.05, 3.63) is 23.9 Å². The lowest BCUT2D eigenvalue weighted by Crippen LogP contribution is -2.41. The van der Waals surface area contributed by atoms with Gasteiger partial charge in [0.15, 0.2) is 0 Å². The average Bonchev–Trinajstić information content (AvgIpc) is 2.23. The number of pyridine rings is 1. The van der Waals surface area contributed by atoms with Crippen molar-refractivity contribution in [2.24, 2.45) is 0 Å². The summed E-state index contributed by atoms with van der Waals surface area (Å²) < 4.78 is 0. The molecule has 1 unspecified atom stereocenters. The second-order valence-corrected chi connectivity index (χ2v) is 4.56. The minimum absolute atomic E-state index is 0.255. The third kappa shape index (κ3) is 4.86. The van der Waals surface area contributed by atoms with Gasteiger partial charge in [0.2, 0.25) is 5.91 Å². The highest BCUT2D eigenvalue weighted by Crippen LogP contribution is 2.16. The molecule has 1 aromatic rings. The number of carbonyl (C=O) groups is 2. The fourth-order valence-electron chi connectivity index (χ4n) is 1.19. The molecule has 0 aliphatic heterocycles. The molecule has 0 aliphatic rings. The maximum atomic E-state index is 10.9. The zero-order valence-corrected chi connectivity index (χ0v) is 10.5. The molecule has 1 heterocycles. The van der Waals surface area contributed by atoms with Gasteiger partial charge in [-0.2, -0.15) is 0 Å². The van der Waals surface area contributed by atoms with Crippen LogP contribution in [0.2, 0.25) is 0 Å². The molecule has 6 heteroatoms. The van der Waals surface area contributed by atoms with Crippen LogP contribution in [0.4, 0.5) is 0 Å². The number of aryl methyl sites for hydroxylation is 1. The minimum atomic E-state index is -1.04. The van der Waals surface area contributed by atoms with Gasteiger partial charge in [0, 0.05) is 18.4 Å². The summed E-state index contributed by atoms with van der Waals surface area (Å²) in [5.74, 6) is -1.14. The van der Waals surface area contributed by atoms with Crippen LogP contribution in [0, 0.1) is 6.92 Å². The first-order valence-electron chi connectivity index (χ1n) is 5.05. The van der Waals surface area contributed by atoms with Crippen molar-refractivity contribution in [1.29, 1.82) is 0 Å². The number of nitrogens with one attached hydrogen (secondary N) is 1. The molecule has 92 valence electrons. The Morgan fingerprint density at radius 3 is 2.76 bits per heavy atom. The predicted molar refractivity (Wildman–Crippen MR) is 64.9 cm³/mol. The monoisotopic (exact) mass is 254 g/mol. The van der Waals surface area contributed by atoms with Crippen LogP contribution in [-0.2, 0) is 9.59 Å². The van der Waals surface area contributed by atoms with Crippen molar-refractivity contribution >= 4 is 23.6 Å². The molecule has 0 fully saturated rings. The zero-order chi connectivity index (χ0) is 12.8. The van der Waals surface area contributed by atoms with E-state index in [2.05, 4.69) is 10.3 Å². The lowest BCUT2D eigenvalue weighted by atomic mass is 10.3. The van der Waals surface area contributed by atoms with Crippen molar-refractivity contribution in [3.8, 4) is 0 Å². The highest BCUT2D eigenvalue weighted by molar-refractivity contribution is 7.99. The Hall–Kier alpha value is -1.56. The number of aliphatic carboxylic acids is 1. The van der Waals surface area contributed by atoms with Gasteiger partial charge in [0.1, 0.15) is 6.04 Å². The number of carboxylic acids is 1. The van der Waals surface area contributed by atoms with E-state index in [4.69, 9.17) is 5.11 Å². The summed E-state index contributed by atoms with van der Waals surface area (Å²) in [6.45, 7) is 3.16. The number of rotatable bonds is 5. The van der Waals surface area contributed by atoms with Gasteiger partial charge in [-0.1, -0.05) is 6.07 Å². The van der Waals surface area contributed by atoms with Crippen LogP contribution in [0.1, 0.15) is 12.6 Å². The third-order valence-electron chi connectivity index (χ3n) is 1.94.